The Hall–Kier alpha value is -0.450. The summed E-state index contributed by atoms with van der Waals surface area (Å²) in [4.78, 5) is 8.19. The molecule has 4 heteroatoms. The summed E-state index contributed by atoms with van der Waals surface area (Å²) in [6.45, 7) is 8.82. The fraction of sp³-hybridized carbons (Fsp3) is 0.700. The van der Waals surface area contributed by atoms with Crippen molar-refractivity contribution in [3.63, 3.8) is 0 Å². The molecule has 3 nitrogen and oxygen atoms in total. The lowest BCUT2D eigenvalue weighted by Gasteiger charge is -2.31. The molecule has 1 aliphatic heterocycles. The summed E-state index contributed by atoms with van der Waals surface area (Å²) in [5, 5.41) is 3.45. The van der Waals surface area contributed by atoms with E-state index in [4.69, 9.17) is 0 Å². The number of rotatable bonds is 2. The van der Waals surface area contributed by atoms with Crippen molar-refractivity contribution in [2.75, 3.05) is 19.6 Å². The van der Waals surface area contributed by atoms with E-state index >= 15 is 0 Å². The summed E-state index contributed by atoms with van der Waals surface area (Å²) < 4.78 is 0. The topological polar surface area (TPSA) is 28.2 Å². The molecule has 1 N–H and O–H groups in total. The van der Waals surface area contributed by atoms with Gasteiger partial charge in [0.2, 0.25) is 0 Å². The SMILES string of the molecule is Cc1ncsc1CN1CCN[C@@H](C)C1. The molecule has 1 atom stereocenters. The number of aromatic nitrogens is 1. The lowest BCUT2D eigenvalue weighted by molar-refractivity contribution is 0.201. The zero-order chi connectivity index (χ0) is 9.97. The number of nitrogens with zero attached hydrogens (tertiary/aromatic N) is 2. The van der Waals surface area contributed by atoms with Gasteiger partial charge in [0.05, 0.1) is 11.2 Å². The largest absolute Gasteiger partial charge is 0.312 e. The molecule has 1 saturated heterocycles. The minimum atomic E-state index is 0.622. The van der Waals surface area contributed by atoms with E-state index < -0.39 is 0 Å². The first-order valence-corrected chi connectivity index (χ1v) is 5.98. The maximum Gasteiger partial charge on any atom is 0.0798 e. The summed E-state index contributed by atoms with van der Waals surface area (Å²) in [5.41, 5.74) is 3.14. The van der Waals surface area contributed by atoms with Crippen LogP contribution in [0.25, 0.3) is 0 Å². The van der Waals surface area contributed by atoms with Gasteiger partial charge in [-0.1, -0.05) is 0 Å². The molecule has 0 aromatic carbocycles. The second kappa shape index (κ2) is 4.38. The smallest absolute Gasteiger partial charge is 0.0798 e. The van der Waals surface area contributed by atoms with Crippen molar-refractivity contribution in [2.45, 2.75) is 26.4 Å². The van der Waals surface area contributed by atoms with Crippen LogP contribution in [0.3, 0.4) is 0 Å². The number of thiazole rings is 1. The maximum atomic E-state index is 4.28. The number of hydrogen-bond donors (Lipinski definition) is 1. The van der Waals surface area contributed by atoms with E-state index in [1.165, 1.54) is 10.6 Å². The van der Waals surface area contributed by atoms with Crippen LogP contribution in [-0.4, -0.2) is 35.6 Å². The summed E-state index contributed by atoms with van der Waals surface area (Å²) in [5.74, 6) is 0. The van der Waals surface area contributed by atoms with Gasteiger partial charge in [-0.15, -0.1) is 11.3 Å². The van der Waals surface area contributed by atoms with Crippen LogP contribution in [-0.2, 0) is 6.54 Å². The molecule has 2 rings (SSSR count). The number of aryl methyl sites for hydroxylation is 1. The fourth-order valence-corrected chi connectivity index (χ4v) is 2.66. The lowest BCUT2D eigenvalue weighted by atomic mass is 10.2. The van der Waals surface area contributed by atoms with E-state index in [0.717, 1.165) is 26.2 Å². The molecule has 0 bridgehead atoms. The zero-order valence-electron chi connectivity index (χ0n) is 8.79. The van der Waals surface area contributed by atoms with Gasteiger partial charge in [0, 0.05) is 37.1 Å². The molecule has 2 heterocycles. The van der Waals surface area contributed by atoms with Gasteiger partial charge >= 0.3 is 0 Å². The van der Waals surface area contributed by atoms with E-state index in [0.29, 0.717) is 6.04 Å². The van der Waals surface area contributed by atoms with Gasteiger partial charge in [0.1, 0.15) is 0 Å². The average Bonchev–Trinajstić information content (AvgIpc) is 2.52. The van der Waals surface area contributed by atoms with E-state index in [-0.39, 0.29) is 0 Å². The molecule has 0 amide bonds. The first-order chi connectivity index (χ1) is 6.75. The van der Waals surface area contributed by atoms with Crippen LogP contribution in [0.4, 0.5) is 0 Å². The van der Waals surface area contributed by atoms with Gasteiger partial charge in [-0.2, -0.15) is 0 Å². The molecule has 78 valence electrons. The molecule has 0 spiro atoms. The first-order valence-electron chi connectivity index (χ1n) is 5.10. The number of nitrogens with one attached hydrogen (secondary N) is 1. The quantitative estimate of drug-likeness (QED) is 0.798. The maximum absolute atomic E-state index is 4.28. The van der Waals surface area contributed by atoms with Crippen LogP contribution in [0.5, 0.6) is 0 Å². The second-order valence-electron chi connectivity index (χ2n) is 3.95. The Morgan fingerprint density at radius 3 is 3.21 bits per heavy atom. The monoisotopic (exact) mass is 211 g/mol. The third-order valence-corrected chi connectivity index (χ3v) is 3.58. The van der Waals surface area contributed by atoms with Crippen LogP contribution >= 0.6 is 11.3 Å². The van der Waals surface area contributed by atoms with Crippen molar-refractivity contribution in [2.24, 2.45) is 0 Å². The van der Waals surface area contributed by atoms with E-state index in [1.807, 2.05) is 5.51 Å². The Kier molecular flexibility index (Phi) is 3.15. The standard InChI is InChI=1S/C10H17N3S/c1-8-5-13(4-3-11-8)6-10-9(2)12-7-14-10/h7-8,11H,3-6H2,1-2H3/t8-/m0/s1. The Morgan fingerprint density at radius 1 is 1.71 bits per heavy atom. The van der Waals surface area contributed by atoms with E-state index in [2.05, 4.69) is 29.0 Å². The normalized spacial score (nSPS) is 24.0. The highest BCUT2D eigenvalue weighted by Gasteiger charge is 2.16. The van der Waals surface area contributed by atoms with Crippen LogP contribution in [0.2, 0.25) is 0 Å². The van der Waals surface area contributed by atoms with E-state index in [1.54, 1.807) is 11.3 Å². The van der Waals surface area contributed by atoms with Crippen LogP contribution < -0.4 is 5.32 Å². The van der Waals surface area contributed by atoms with Crippen molar-refractivity contribution >= 4 is 11.3 Å². The summed E-state index contributed by atoms with van der Waals surface area (Å²) in [6.07, 6.45) is 0. The summed E-state index contributed by atoms with van der Waals surface area (Å²) >= 11 is 1.77. The van der Waals surface area contributed by atoms with Gasteiger partial charge in [0.15, 0.2) is 0 Å². The average molecular weight is 211 g/mol. The third-order valence-electron chi connectivity index (χ3n) is 2.66. The highest BCUT2D eigenvalue weighted by atomic mass is 32.1. The van der Waals surface area contributed by atoms with E-state index in [9.17, 15) is 0 Å². The minimum absolute atomic E-state index is 0.622. The van der Waals surface area contributed by atoms with Gasteiger partial charge < -0.3 is 5.32 Å². The molecule has 1 aromatic rings. The molecule has 0 radical (unpaired) electrons. The van der Waals surface area contributed by atoms with Gasteiger partial charge in [-0.25, -0.2) is 4.98 Å². The molecule has 0 aliphatic carbocycles. The minimum Gasteiger partial charge on any atom is -0.312 e. The Labute approximate surface area is 89.1 Å². The van der Waals surface area contributed by atoms with Crippen LogP contribution in [0.1, 0.15) is 17.5 Å². The van der Waals surface area contributed by atoms with Gasteiger partial charge in [-0.05, 0) is 13.8 Å². The Bertz CT molecular complexity index is 297. The zero-order valence-corrected chi connectivity index (χ0v) is 9.60. The van der Waals surface area contributed by atoms with Crippen LogP contribution in [0.15, 0.2) is 5.51 Å². The Morgan fingerprint density at radius 2 is 2.57 bits per heavy atom. The number of hydrogen-bond acceptors (Lipinski definition) is 4. The van der Waals surface area contributed by atoms with Gasteiger partial charge in [0.25, 0.3) is 0 Å². The van der Waals surface area contributed by atoms with Crippen molar-refractivity contribution in [3.8, 4) is 0 Å². The van der Waals surface area contributed by atoms with Crippen molar-refractivity contribution in [1.82, 2.24) is 15.2 Å². The second-order valence-corrected chi connectivity index (χ2v) is 4.89. The highest BCUT2D eigenvalue weighted by molar-refractivity contribution is 7.09. The summed E-state index contributed by atoms with van der Waals surface area (Å²) in [7, 11) is 0. The molecule has 1 aliphatic rings. The fourth-order valence-electron chi connectivity index (χ4n) is 1.84. The highest BCUT2D eigenvalue weighted by Crippen LogP contribution is 2.15. The summed E-state index contributed by atoms with van der Waals surface area (Å²) in [6, 6.07) is 0.622. The molecule has 14 heavy (non-hydrogen) atoms. The molecule has 0 unspecified atom stereocenters. The molecule has 0 saturated carbocycles. The Balaban J connectivity index is 1.94. The first kappa shape index (κ1) is 10.1. The molecular weight excluding hydrogens is 194 g/mol. The predicted octanol–water partition coefficient (Wildman–Crippen LogP) is 1.25. The number of piperazine rings is 1. The van der Waals surface area contributed by atoms with Crippen molar-refractivity contribution in [1.29, 1.82) is 0 Å². The van der Waals surface area contributed by atoms with Crippen molar-refractivity contribution in [3.05, 3.63) is 16.1 Å². The van der Waals surface area contributed by atoms with Gasteiger partial charge in [-0.3, -0.25) is 4.90 Å². The predicted molar refractivity (Wildman–Crippen MR) is 59.6 cm³/mol. The van der Waals surface area contributed by atoms with Crippen molar-refractivity contribution < 1.29 is 0 Å². The lowest BCUT2D eigenvalue weighted by Crippen LogP contribution is -2.48. The molecule has 1 fully saturated rings. The molecule has 1 aromatic heterocycles. The van der Waals surface area contributed by atoms with Crippen LogP contribution in [0, 0.1) is 6.92 Å². The third kappa shape index (κ3) is 2.32. The molecular formula is C10H17N3S.